The van der Waals surface area contributed by atoms with E-state index in [4.69, 9.17) is 14.4 Å². The van der Waals surface area contributed by atoms with Crippen LogP contribution in [-0.2, 0) is 5.41 Å². The number of benzene rings is 9. The molecule has 0 aliphatic heterocycles. The molecule has 0 fully saturated rings. The minimum absolute atomic E-state index is 0.0686. The fourth-order valence-electron chi connectivity index (χ4n) is 10.4. The van der Waals surface area contributed by atoms with Crippen LogP contribution in [-0.4, -0.2) is 14.5 Å². The summed E-state index contributed by atoms with van der Waals surface area (Å²) in [6.07, 6.45) is 0. The molecular formula is C63H47N3O. The first kappa shape index (κ1) is 40.2. The molecule has 0 amide bonds. The van der Waals surface area contributed by atoms with E-state index in [9.17, 15) is 0 Å². The van der Waals surface area contributed by atoms with E-state index in [0.717, 1.165) is 61.2 Å². The van der Waals surface area contributed by atoms with E-state index in [2.05, 4.69) is 200 Å². The summed E-state index contributed by atoms with van der Waals surface area (Å²) in [6, 6.07) is 76.1. The molecule has 0 spiro atoms. The summed E-state index contributed by atoms with van der Waals surface area (Å²) in [5, 5.41) is 4.62. The average molecular weight is 862 g/mol. The van der Waals surface area contributed by atoms with E-state index in [-0.39, 0.29) is 5.41 Å². The molecule has 0 unspecified atom stereocenters. The van der Waals surface area contributed by atoms with Gasteiger partial charge in [-0.2, -0.15) is 0 Å². The van der Waals surface area contributed by atoms with E-state index in [1.165, 1.54) is 60.8 Å². The molecule has 0 bridgehead atoms. The first-order chi connectivity index (χ1) is 33.0. The van der Waals surface area contributed by atoms with Crippen molar-refractivity contribution in [2.45, 2.75) is 33.1 Å². The van der Waals surface area contributed by atoms with Gasteiger partial charge in [0.15, 0.2) is 5.82 Å². The zero-order chi connectivity index (χ0) is 45.2. The molecule has 0 atom stereocenters. The highest BCUT2D eigenvalue weighted by Crippen LogP contribution is 2.50. The van der Waals surface area contributed by atoms with Crippen LogP contribution in [0.3, 0.4) is 0 Å². The largest absolute Gasteiger partial charge is 0.456 e. The monoisotopic (exact) mass is 861 g/mol. The number of rotatable bonds is 6. The van der Waals surface area contributed by atoms with Crippen LogP contribution in [0, 0.1) is 0 Å². The molecule has 4 heteroatoms. The predicted octanol–water partition coefficient (Wildman–Crippen LogP) is 17.1. The molecule has 13 rings (SSSR count). The lowest BCUT2D eigenvalue weighted by Gasteiger charge is -2.22. The van der Waals surface area contributed by atoms with Crippen LogP contribution in [0.4, 0.5) is 0 Å². The molecule has 67 heavy (non-hydrogen) atoms. The number of para-hydroxylation sites is 3. The Morgan fingerprint density at radius 2 is 0.985 bits per heavy atom. The van der Waals surface area contributed by atoms with Gasteiger partial charge >= 0.3 is 0 Å². The number of hydrogen-bond acceptors (Lipinski definition) is 3. The van der Waals surface area contributed by atoms with Crippen molar-refractivity contribution in [2.24, 2.45) is 0 Å². The minimum Gasteiger partial charge on any atom is -0.456 e. The molecule has 0 saturated heterocycles. The van der Waals surface area contributed by atoms with Gasteiger partial charge in [-0.1, -0.05) is 185 Å². The summed E-state index contributed by atoms with van der Waals surface area (Å²) in [7, 11) is 0. The third-order valence-corrected chi connectivity index (χ3v) is 13.6. The first-order valence-electron chi connectivity index (χ1n) is 23.3. The summed E-state index contributed by atoms with van der Waals surface area (Å²) in [4.78, 5) is 10.4. The second-order valence-corrected chi connectivity index (χ2v) is 17.8. The fourth-order valence-corrected chi connectivity index (χ4v) is 10.4. The van der Waals surface area contributed by atoms with Crippen molar-refractivity contribution in [1.82, 2.24) is 14.5 Å². The van der Waals surface area contributed by atoms with Gasteiger partial charge in [-0.15, -0.1) is 0 Å². The highest BCUT2D eigenvalue weighted by Gasteiger charge is 2.35. The Kier molecular flexibility index (Phi) is 9.58. The summed E-state index contributed by atoms with van der Waals surface area (Å²) < 4.78 is 8.76. The van der Waals surface area contributed by atoms with E-state index in [1.54, 1.807) is 0 Å². The SMILES string of the molecule is CC.CC1(C)c2ccccc2-c2ccc(-c3cccc(-c4cccc5c6ccccc6n(-c6cccc(-c7cc(-c8ccc9c(c8)oc8ccccc89)nc(-c8ccccc8)n7)c6)c45)c3)cc21. The number of aromatic nitrogens is 3. The van der Waals surface area contributed by atoms with Gasteiger partial charge in [0.2, 0.25) is 0 Å². The summed E-state index contributed by atoms with van der Waals surface area (Å²) in [5.74, 6) is 0.670. The Morgan fingerprint density at radius 1 is 0.388 bits per heavy atom. The second-order valence-electron chi connectivity index (χ2n) is 17.8. The van der Waals surface area contributed by atoms with Gasteiger partial charge in [0.1, 0.15) is 11.2 Å². The van der Waals surface area contributed by atoms with Crippen LogP contribution >= 0.6 is 0 Å². The van der Waals surface area contributed by atoms with Crippen LogP contribution in [0.2, 0.25) is 0 Å². The van der Waals surface area contributed by atoms with Crippen LogP contribution in [0.1, 0.15) is 38.8 Å². The molecule has 12 aromatic rings. The van der Waals surface area contributed by atoms with Crippen molar-refractivity contribution < 1.29 is 4.42 Å². The maximum absolute atomic E-state index is 6.33. The third kappa shape index (κ3) is 6.59. The summed E-state index contributed by atoms with van der Waals surface area (Å²) in [6.45, 7) is 8.70. The Hall–Kier alpha value is -8.34. The molecule has 1 aliphatic carbocycles. The van der Waals surface area contributed by atoms with Crippen LogP contribution < -0.4 is 0 Å². The zero-order valence-corrected chi connectivity index (χ0v) is 38.0. The van der Waals surface area contributed by atoms with Gasteiger partial charge in [0.05, 0.1) is 22.4 Å². The van der Waals surface area contributed by atoms with E-state index < -0.39 is 0 Å². The highest BCUT2D eigenvalue weighted by molar-refractivity contribution is 6.14. The molecular weight excluding hydrogens is 815 g/mol. The van der Waals surface area contributed by atoms with Gasteiger partial charge in [-0.25, -0.2) is 9.97 Å². The third-order valence-electron chi connectivity index (χ3n) is 13.6. The lowest BCUT2D eigenvalue weighted by Crippen LogP contribution is -2.14. The Balaban J connectivity index is 0.00000231. The van der Waals surface area contributed by atoms with Gasteiger partial charge in [-0.05, 0) is 93.5 Å². The fraction of sp³-hybridized carbons (Fsp3) is 0.0794. The zero-order valence-electron chi connectivity index (χ0n) is 38.0. The normalized spacial score (nSPS) is 12.6. The van der Waals surface area contributed by atoms with E-state index in [1.807, 2.05) is 44.2 Å². The van der Waals surface area contributed by atoms with Crippen molar-refractivity contribution in [1.29, 1.82) is 0 Å². The molecule has 0 radical (unpaired) electrons. The van der Waals surface area contributed by atoms with E-state index >= 15 is 0 Å². The molecule has 0 N–H and O–H groups in total. The van der Waals surface area contributed by atoms with Crippen molar-refractivity contribution >= 4 is 43.7 Å². The van der Waals surface area contributed by atoms with Gasteiger partial charge < -0.3 is 8.98 Å². The number of fused-ring (bicyclic) bond motifs is 9. The van der Waals surface area contributed by atoms with Crippen molar-refractivity contribution in [3.8, 4) is 73.0 Å². The molecule has 9 aromatic carbocycles. The van der Waals surface area contributed by atoms with Crippen molar-refractivity contribution in [3.63, 3.8) is 0 Å². The molecule has 0 saturated carbocycles. The number of hydrogen-bond donors (Lipinski definition) is 0. The van der Waals surface area contributed by atoms with Gasteiger partial charge in [0.25, 0.3) is 0 Å². The van der Waals surface area contributed by atoms with Gasteiger partial charge in [0, 0.05) is 54.9 Å². The van der Waals surface area contributed by atoms with Gasteiger partial charge in [-0.3, -0.25) is 0 Å². The topological polar surface area (TPSA) is 43.9 Å². The minimum atomic E-state index is -0.0686. The first-order valence-corrected chi connectivity index (χ1v) is 23.3. The van der Waals surface area contributed by atoms with Crippen LogP contribution in [0.25, 0.3) is 117 Å². The maximum atomic E-state index is 6.33. The lowest BCUT2D eigenvalue weighted by atomic mass is 9.81. The summed E-state index contributed by atoms with van der Waals surface area (Å²) >= 11 is 0. The maximum Gasteiger partial charge on any atom is 0.160 e. The smallest absolute Gasteiger partial charge is 0.160 e. The molecule has 3 aromatic heterocycles. The van der Waals surface area contributed by atoms with Crippen LogP contribution in [0.15, 0.2) is 217 Å². The van der Waals surface area contributed by atoms with Crippen LogP contribution in [0.5, 0.6) is 0 Å². The Morgan fingerprint density at radius 3 is 1.85 bits per heavy atom. The standard InChI is InChI=1S/C61H41N3O.C2H6/c1-61(2)52-26-9-6-21-46(52)47-31-29-40(35-53(47)61)39-17-12-18-41(33-39)45-24-14-25-51-48-22-7-10-27-56(48)64(59(45)51)44-20-13-19-42(34-44)54-37-55(63-60(62-54)38-15-4-3-5-16-38)43-30-32-50-49-23-8-11-28-57(49)65-58(50)36-43;1-2/h3-37H,1-2H3;1-2H3. The average Bonchev–Trinajstić information content (AvgIpc) is 4.02. The number of nitrogens with zero attached hydrogens (tertiary/aromatic N) is 3. The molecule has 4 nitrogen and oxygen atoms in total. The second kappa shape index (κ2) is 16.0. The Labute approximate surface area is 390 Å². The molecule has 1 aliphatic rings. The van der Waals surface area contributed by atoms with E-state index in [0.29, 0.717) is 5.82 Å². The predicted molar refractivity (Wildman–Crippen MR) is 280 cm³/mol. The van der Waals surface area contributed by atoms with Crippen molar-refractivity contribution in [2.75, 3.05) is 0 Å². The highest BCUT2D eigenvalue weighted by atomic mass is 16.3. The van der Waals surface area contributed by atoms with Crippen molar-refractivity contribution in [3.05, 3.63) is 223 Å². The summed E-state index contributed by atoms with van der Waals surface area (Å²) in [5.41, 5.74) is 19.8. The number of furan rings is 1. The molecule has 320 valence electrons. The quantitative estimate of drug-likeness (QED) is 0.167. The molecule has 3 heterocycles. The lowest BCUT2D eigenvalue weighted by molar-refractivity contribution is 0.660. The Bertz CT molecular complexity index is 3870.